The van der Waals surface area contributed by atoms with Crippen molar-refractivity contribution in [2.24, 2.45) is 0 Å². The van der Waals surface area contributed by atoms with Crippen molar-refractivity contribution in [3.8, 4) is 22.5 Å². The van der Waals surface area contributed by atoms with Gasteiger partial charge in [-0.15, -0.1) is 0 Å². The Kier molecular flexibility index (Phi) is 13.9. The zero-order chi connectivity index (χ0) is 41.8. The normalized spacial score (nSPS) is 11.8. The molecule has 10 heteroatoms. The number of aromatic nitrogens is 6. The lowest BCUT2D eigenvalue weighted by atomic mass is 10.0. The van der Waals surface area contributed by atoms with Gasteiger partial charge in [-0.05, 0) is 74.7 Å². The number of unbranched alkanes of at least 4 members (excludes halogenated alkanes) is 8. The number of nitrogens with zero attached hydrogens (tertiary/aromatic N) is 6. The number of ether oxygens (including phenoxy) is 1. The molecule has 6 heterocycles. The summed E-state index contributed by atoms with van der Waals surface area (Å²) >= 11 is 0. The van der Waals surface area contributed by atoms with E-state index in [1.165, 1.54) is 55.7 Å². The zero-order valence-corrected chi connectivity index (χ0v) is 34.8. The van der Waals surface area contributed by atoms with Crippen LogP contribution < -0.4 is 0 Å². The highest BCUT2D eigenvalue weighted by Gasteiger charge is 2.29. The zero-order valence-electron chi connectivity index (χ0n) is 34.8. The van der Waals surface area contributed by atoms with Crippen LogP contribution in [0.15, 0.2) is 110 Å². The highest BCUT2D eigenvalue weighted by Crippen LogP contribution is 2.44. The van der Waals surface area contributed by atoms with Crippen molar-refractivity contribution >= 4 is 55.7 Å². The Hall–Kier alpha value is -6.51. The Labute approximate surface area is 350 Å². The molecule has 2 aromatic carbocycles. The number of hydrogen-bond donors (Lipinski definition) is 0. The summed E-state index contributed by atoms with van der Waals surface area (Å²) in [5.74, 6) is -0.436. The Morgan fingerprint density at radius 2 is 1.15 bits per heavy atom. The van der Waals surface area contributed by atoms with Crippen LogP contribution in [0.25, 0.3) is 66.1 Å². The van der Waals surface area contributed by atoms with Crippen molar-refractivity contribution in [3.63, 3.8) is 0 Å². The number of pyridine rings is 4. The van der Waals surface area contributed by atoms with Gasteiger partial charge in [0.1, 0.15) is 11.9 Å². The number of esters is 1. The molecule has 1 atom stereocenters. The standard InChI is InChI=1S/C49H52N6O2.CO2/c1-4-7-8-9-10-11-12-13-14-27-44(54-42-25-17-15-23-37(42)39-30-36(5-2)52-45(47(39)54)34-21-19-28-50-32-34)55-43-26-18-16-24-38(43)40-31-41(49(56)57-6-3)53-46(48(40)55)35-22-20-29-51-33-35;2-1-3/h15-26,28-33,44H,4-14,27H2,1-3H3;. The second kappa shape index (κ2) is 20.0. The van der Waals surface area contributed by atoms with Crippen molar-refractivity contribution in [1.29, 1.82) is 0 Å². The van der Waals surface area contributed by atoms with Gasteiger partial charge in [0, 0.05) is 63.2 Å². The largest absolute Gasteiger partial charge is 0.461 e. The molecular weight excluding hydrogens is 749 g/mol. The van der Waals surface area contributed by atoms with Crippen molar-refractivity contribution in [3.05, 3.63) is 121 Å². The van der Waals surface area contributed by atoms with E-state index in [1.807, 2.05) is 49.8 Å². The molecule has 0 fully saturated rings. The lowest BCUT2D eigenvalue weighted by Gasteiger charge is -2.27. The van der Waals surface area contributed by atoms with E-state index < -0.39 is 5.97 Å². The maximum Gasteiger partial charge on any atom is 0.373 e. The second-order valence-electron chi connectivity index (χ2n) is 15.1. The molecule has 0 aliphatic rings. The van der Waals surface area contributed by atoms with Crippen LogP contribution in [0.1, 0.15) is 107 Å². The number of para-hydroxylation sites is 2. The molecule has 0 aliphatic carbocycles. The van der Waals surface area contributed by atoms with Gasteiger partial charge in [0.05, 0.1) is 40.1 Å². The van der Waals surface area contributed by atoms with Gasteiger partial charge in [-0.3, -0.25) is 15.0 Å². The third-order valence-corrected chi connectivity index (χ3v) is 11.3. The van der Waals surface area contributed by atoms with Crippen LogP contribution in [0.4, 0.5) is 0 Å². The van der Waals surface area contributed by atoms with E-state index in [4.69, 9.17) is 24.3 Å². The van der Waals surface area contributed by atoms with Crippen LogP contribution in [-0.2, 0) is 20.7 Å². The van der Waals surface area contributed by atoms with Gasteiger partial charge in [0.25, 0.3) is 0 Å². The SMILES string of the molecule is CCCCCCCCCCCC(n1c2ccccc2c2cc(CC)nc(-c3cccnc3)c21)n1c2ccccc2c2cc(C(=O)OCC)nc(-c3cccnc3)c21.O=C=O. The van der Waals surface area contributed by atoms with E-state index in [2.05, 4.69) is 93.6 Å². The monoisotopic (exact) mass is 800 g/mol. The van der Waals surface area contributed by atoms with Gasteiger partial charge in [-0.1, -0.05) is 102 Å². The number of hydrogen-bond acceptors (Lipinski definition) is 8. The molecule has 0 saturated heterocycles. The van der Waals surface area contributed by atoms with E-state index in [-0.39, 0.29) is 24.6 Å². The number of aryl methyl sites for hydroxylation is 1. The summed E-state index contributed by atoms with van der Waals surface area (Å²) in [5.41, 5.74) is 9.08. The van der Waals surface area contributed by atoms with Gasteiger partial charge < -0.3 is 13.9 Å². The molecule has 0 N–H and O–H groups in total. The van der Waals surface area contributed by atoms with Crippen molar-refractivity contribution in [2.45, 2.75) is 97.6 Å². The molecule has 306 valence electrons. The molecule has 10 nitrogen and oxygen atoms in total. The van der Waals surface area contributed by atoms with E-state index in [0.717, 1.165) is 81.0 Å². The van der Waals surface area contributed by atoms with E-state index in [1.54, 1.807) is 6.20 Å². The van der Waals surface area contributed by atoms with Crippen LogP contribution in [0.5, 0.6) is 0 Å². The van der Waals surface area contributed by atoms with Gasteiger partial charge in [0.2, 0.25) is 0 Å². The fourth-order valence-electron chi connectivity index (χ4n) is 8.62. The first-order chi connectivity index (χ1) is 29.5. The topological polar surface area (TPSA) is 122 Å². The van der Waals surface area contributed by atoms with Crippen molar-refractivity contribution in [1.82, 2.24) is 29.1 Å². The summed E-state index contributed by atoms with van der Waals surface area (Å²) in [4.78, 5) is 49.2. The number of benzene rings is 2. The van der Waals surface area contributed by atoms with E-state index >= 15 is 0 Å². The molecule has 1 unspecified atom stereocenters. The predicted octanol–water partition coefficient (Wildman–Crippen LogP) is 11.9. The van der Waals surface area contributed by atoms with Gasteiger partial charge in [-0.25, -0.2) is 9.78 Å². The Bertz CT molecular complexity index is 2740. The average molecular weight is 801 g/mol. The first-order valence-corrected chi connectivity index (χ1v) is 21.4. The minimum atomic E-state index is -0.436. The van der Waals surface area contributed by atoms with Gasteiger partial charge in [0.15, 0.2) is 0 Å². The quantitative estimate of drug-likeness (QED) is 0.0659. The summed E-state index contributed by atoms with van der Waals surface area (Å²) in [6.45, 7) is 6.54. The first kappa shape index (κ1) is 41.6. The van der Waals surface area contributed by atoms with Gasteiger partial charge in [-0.2, -0.15) is 9.59 Å². The van der Waals surface area contributed by atoms with Crippen LogP contribution in [0.2, 0.25) is 0 Å². The van der Waals surface area contributed by atoms with E-state index in [0.29, 0.717) is 5.69 Å². The molecule has 0 amide bonds. The minimum absolute atomic E-state index is 0.172. The number of fused-ring (bicyclic) bond motifs is 6. The lowest BCUT2D eigenvalue weighted by Crippen LogP contribution is -2.19. The lowest BCUT2D eigenvalue weighted by molar-refractivity contribution is -0.191. The summed E-state index contributed by atoms with van der Waals surface area (Å²) in [6, 6.07) is 29.6. The number of carbonyl (C=O) groups is 1. The van der Waals surface area contributed by atoms with Gasteiger partial charge >= 0.3 is 12.1 Å². The molecule has 60 heavy (non-hydrogen) atoms. The van der Waals surface area contributed by atoms with Crippen molar-refractivity contribution in [2.75, 3.05) is 6.61 Å². The predicted molar refractivity (Wildman–Crippen MR) is 238 cm³/mol. The molecule has 0 saturated carbocycles. The Morgan fingerprint density at radius 1 is 0.633 bits per heavy atom. The van der Waals surface area contributed by atoms with Crippen molar-refractivity contribution < 1.29 is 19.1 Å². The third kappa shape index (κ3) is 8.61. The van der Waals surface area contributed by atoms with Crippen LogP contribution in [0.3, 0.4) is 0 Å². The van der Waals surface area contributed by atoms with Crippen LogP contribution in [-0.4, -0.2) is 47.8 Å². The average Bonchev–Trinajstić information content (AvgIpc) is 3.80. The summed E-state index contributed by atoms with van der Waals surface area (Å²) < 4.78 is 10.6. The molecule has 0 aliphatic heterocycles. The Balaban J connectivity index is 0.00000176. The number of carbonyl (C=O) groups excluding carboxylic acids is 3. The maximum atomic E-state index is 13.4. The van der Waals surface area contributed by atoms with E-state index in [9.17, 15) is 4.79 Å². The first-order valence-electron chi connectivity index (χ1n) is 21.4. The molecule has 6 aromatic heterocycles. The molecule has 0 bridgehead atoms. The molecule has 0 spiro atoms. The molecule has 8 rings (SSSR count). The second-order valence-corrected chi connectivity index (χ2v) is 15.1. The maximum absolute atomic E-state index is 13.4. The Morgan fingerprint density at radius 3 is 1.67 bits per heavy atom. The van der Waals surface area contributed by atoms with Crippen LogP contribution in [0, 0.1) is 0 Å². The summed E-state index contributed by atoms with van der Waals surface area (Å²) in [5, 5.41) is 4.40. The van der Waals surface area contributed by atoms with Crippen LogP contribution >= 0.6 is 0 Å². The fourth-order valence-corrected chi connectivity index (χ4v) is 8.62. The molecule has 0 radical (unpaired) electrons. The highest BCUT2D eigenvalue weighted by atomic mass is 16.5. The summed E-state index contributed by atoms with van der Waals surface area (Å²) in [7, 11) is 0. The molecule has 8 aromatic rings. The smallest absolute Gasteiger partial charge is 0.373 e. The third-order valence-electron chi connectivity index (χ3n) is 11.3. The minimum Gasteiger partial charge on any atom is -0.461 e. The summed E-state index contributed by atoms with van der Waals surface area (Å²) in [6.07, 6.45) is 20.4. The highest BCUT2D eigenvalue weighted by molar-refractivity contribution is 6.15. The number of rotatable bonds is 17. The molecular formula is C50H52N6O4. The fraction of sp³-hybridized carbons (Fsp3) is 0.320.